The van der Waals surface area contributed by atoms with Gasteiger partial charge in [-0.15, -0.1) is 6.58 Å². The number of halogens is 2. The van der Waals surface area contributed by atoms with Gasteiger partial charge < -0.3 is 0 Å². The highest BCUT2D eigenvalue weighted by molar-refractivity contribution is 5.29. The maximum atomic E-state index is 14.7. The molecule has 1 aromatic carbocycles. The number of hydrogen-bond donors (Lipinski definition) is 0. The summed E-state index contributed by atoms with van der Waals surface area (Å²) in [6.07, 6.45) is 24.8. The van der Waals surface area contributed by atoms with Crippen LogP contribution in [0.2, 0.25) is 0 Å². The molecule has 0 amide bonds. The topological polar surface area (TPSA) is 0 Å². The monoisotopic (exact) mass is 484 g/mol. The number of hydrogen-bond acceptors (Lipinski definition) is 0. The second-order valence-corrected chi connectivity index (χ2v) is 12.4. The Hall–Kier alpha value is -1.18. The molecule has 3 aliphatic rings. The maximum absolute atomic E-state index is 14.7. The first-order valence-corrected chi connectivity index (χ1v) is 15.2. The van der Waals surface area contributed by atoms with Crippen LogP contribution in [0, 0.1) is 41.2 Å². The van der Waals surface area contributed by atoms with Crippen LogP contribution in [-0.4, -0.2) is 0 Å². The van der Waals surface area contributed by atoms with Crippen LogP contribution in [0.1, 0.15) is 133 Å². The van der Waals surface area contributed by atoms with E-state index in [-0.39, 0.29) is 17.2 Å². The molecule has 0 nitrogen and oxygen atoms in total. The summed E-state index contributed by atoms with van der Waals surface area (Å²) < 4.78 is 29.3. The Kier molecular flexibility index (Phi) is 10.3. The van der Waals surface area contributed by atoms with Crippen molar-refractivity contribution in [2.24, 2.45) is 29.6 Å². The minimum atomic E-state index is -0.357. The standard InChI is InChI=1S/C33H50F2/c1-3-5-7-8-9-10-24-12-14-25(15-13-24)26-16-17-28-21-29(19-18-27(28)20-26)30-22-32(34)31(11-6-4-2)33(35)23-30/h4,22-29H,2-3,5-21H2,1H3. The summed E-state index contributed by atoms with van der Waals surface area (Å²) in [5.74, 6) is 4.14. The molecule has 4 rings (SSSR count). The molecule has 196 valence electrons. The van der Waals surface area contributed by atoms with Gasteiger partial charge in [0.1, 0.15) is 11.6 Å². The van der Waals surface area contributed by atoms with Gasteiger partial charge in [-0.25, -0.2) is 8.78 Å². The highest BCUT2D eigenvalue weighted by Crippen LogP contribution is 2.51. The van der Waals surface area contributed by atoms with E-state index in [1.807, 2.05) is 0 Å². The Balaban J connectivity index is 1.23. The van der Waals surface area contributed by atoms with Gasteiger partial charge in [-0.1, -0.05) is 64.4 Å². The molecular formula is C33H50F2. The van der Waals surface area contributed by atoms with E-state index in [0.717, 1.165) is 48.0 Å². The molecule has 35 heavy (non-hydrogen) atoms. The van der Waals surface area contributed by atoms with E-state index in [1.165, 1.54) is 89.9 Å². The zero-order chi connectivity index (χ0) is 24.6. The van der Waals surface area contributed by atoms with Gasteiger partial charge >= 0.3 is 0 Å². The van der Waals surface area contributed by atoms with Gasteiger partial charge in [0.05, 0.1) is 0 Å². The molecule has 0 spiro atoms. The van der Waals surface area contributed by atoms with E-state index in [2.05, 4.69) is 13.5 Å². The molecule has 0 saturated heterocycles. The van der Waals surface area contributed by atoms with E-state index in [1.54, 1.807) is 18.2 Å². The maximum Gasteiger partial charge on any atom is 0.129 e. The summed E-state index contributed by atoms with van der Waals surface area (Å²) in [6, 6.07) is 3.28. The second kappa shape index (κ2) is 13.4. The number of fused-ring (bicyclic) bond motifs is 1. The summed E-state index contributed by atoms with van der Waals surface area (Å²) in [5.41, 5.74) is 1.13. The first kappa shape index (κ1) is 26.9. The first-order valence-electron chi connectivity index (χ1n) is 15.2. The normalized spacial score (nSPS) is 31.2. The highest BCUT2D eigenvalue weighted by Gasteiger charge is 2.39. The molecule has 4 unspecified atom stereocenters. The fourth-order valence-electron chi connectivity index (χ4n) is 7.98. The third-order valence-electron chi connectivity index (χ3n) is 10.2. The smallest absolute Gasteiger partial charge is 0.129 e. The lowest BCUT2D eigenvalue weighted by Crippen LogP contribution is -2.34. The molecule has 0 radical (unpaired) electrons. The molecule has 0 bridgehead atoms. The van der Waals surface area contributed by atoms with Crippen LogP contribution in [0.25, 0.3) is 0 Å². The van der Waals surface area contributed by atoms with Gasteiger partial charge in [0, 0.05) is 5.56 Å². The average Bonchev–Trinajstić information content (AvgIpc) is 2.88. The average molecular weight is 485 g/mol. The Morgan fingerprint density at radius 3 is 2.06 bits per heavy atom. The van der Waals surface area contributed by atoms with Crippen molar-refractivity contribution < 1.29 is 8.78 Å². The largest absolute Gasteiger partial charge is 0.207 e. The van der Waals surface area contributed by atoms with Crippen molar-refractivity contribution in [2.45, 2.75) is 128 Å². The zero-order valence-corrected chi connectivity index (χ0v) is 22.4. The second-order valence-electron chi connectivity index (χ2n) is 12.4. The summed E-state index contributed by atoms with van der Waals surface area (Å²) in [7, 11) is 0. The third kappa shape index (κ3) is 7.20. The minimum Gasteiger partial charge on any atom is -0.207 e. The lowest BCUT2D eigenvalue weighted by atomic mass is 9.60. The molecule has 0 N–H and O–H groups in total. The van der Waals surface area contributed by atoms with E-state index < -0.39 is 0 Å². The molecule has 2 heteroatoms. The summed E-state index contributed by atoms with van der Waals surface area (Å²) in [5, 5.41) is 0. The van der Waals surface area contributed by atoms with Gasteiger partial charge in [-0.05, 0) is 117 Å². The van der Waals surface area contributed by atoms with Crippen LogP contribution in [0.3, 0.4) is 0 Å². The van der Waals surface area contributed by atoms with Crippen molar-refractivity contribution in [2.75, 3.05) is 0 Å². The van der Waals surface area contributed by atoms with Crippen molar-refractivity contribution in [3.05, 3.63) is 47.5 Å². The van der Waals surface area contributed by atoms with Crippen molar-refractivity contribution in [3.63, 3.8) is 0 Å². The van der Waals surface area contributed by atoms with Crippen molar-refractivity contribution in [3.8, 4) is 0 Å². The van der Waals surface area contributed by atoms with Crippen molar-refractivity contribution in [1.29, 1.82) is 0 Å². The number of allylic oxidation sites excluding steroid dienone is 1. The molecule has 4 atom stereocenters. The Morgan fingerprint density at radius 2 is 1.37 bits per heavy atom. The van der Waals surface area contributed by atoms with E-state index >= 15 is 0 Å². The van der Waals surface area contributed by atoms with Crippen LogP contribution in [-0.2, 0) is 6.42 Å². The highest BCUT2D eigenvalue weighted by atomic mass is 19.1. The quantitative estimate of drug-likeness (QED) is 0.216. The van der Waals surface area contributed by atoms with Crippen LogP contribution in [0.5, 0.6) is 0 Å². The molecule has 3 aliphatic carbocycles. The van der Waals surface area contributed by atoms with Crippen LogP contribution in [0.4, 0.5) is 8.78 Å². The SMILES string of the molecule is C=CCCc1c(F)cc(C2CCC3CC(C4CCC(CCCCCCC)CC4)CCC3C2)cc1F. The zero-order valence-electron chi connectivity index (χ0n) is 22.4. The Bertz CT molecular complexity index is 767. The lowest BCUT2D eigenvalue weighted by Gasteiger charge is -2.45. The molecule has 0 aliphatic heterocycles. The number of rotatable bonds is 11. The third-order valence-corrected chi connectivity index (χ3v) is 10.2. The van der Waals surface area contributed by atoms with Crippen molar-refractivity contribution >= 4 is 0 Å². The van der Waals surface area contributed by atoms with Crippen LogP contribution in [0.15, 0.2) is 24.8 Å². The molecular weight excluding hydrogens is 434 g/mol. The Morgan fingerprint density at radius 1 is 0.771 bits per heavy atom. The van der Waals surface area contributed by atoms with Crippen LogP contribution < -0.4 is 0 Å². The van der Waals surface area contributed by atoms with E-state index in [0.29, 0.717) is 18.8 Å². The van der Waals surface area contributed by atoms with Gasteiger partial charge in [-0.3, -0.25) is 0 Å². The summed E-state index contributed by atoms with van der Waals surface area (Å²) >= 11 is 0. The number of unbranched alkanes of at least 4 members (excludes halogenated alkanes) is 4. The number of benzene rings is 1. The fourth-order valence-corrected chi connectivity index (χ4v) is 7.98. The van der Waals surface area contributed by atoms with Crippen molar-refractivity contribution in [1.82, 2.24) is 0 Å². The first-order chi connectivity index (χ1) is 17.1. The molecule has 3 saturated carbocycles. The molecule has 1 aromatic rings. The predicted molar refractivity (Wildman–Crippen MR) is 145 cm³/mol. The minimum absolute atomic E-state index is 0.231. The molecule has 0 aromatic heterocycles. The molecule has 0 heterocycles. The lowest BCUT2D eigenvalue weighted by molar-refractivity contribution is 0.0709. The van der Waals surface area contributed by atoms with Gasteiger partial charge in [-0.2, -0.15) is 0 Å². The fraction of sp³-hybridized carbons (Fsp3) is 0.758. The van der Waals surface area contributed by atoms with Gasteiger partial charge in [0.15, 0.2) is 0 Å². The van der Waals surface area contributed by atoms with Crippen LogP contribution >= 0.6 is 0 Å². The van der Waals surface area contributed by atoms with E-state index in [9.17, 15) is 8.78 Å². The van der Waals surface area contributed by atoms with E-state index in [4.69, 9.17) is 0 Å². The van der Waals surface area contributed by atoms with Gasteiger partial charge in [0.25, 0.3) is 0 Å². The summed E-state index contributed by atoms with van der Waals surface area (Å²) in [4.78, 5) is 0. The summed E-state index contributed by atoms with van der Waals surface area (Å²) in [6.45, 7) is 5.98. The molecule has 3 fully saturated rings. The van der Waals surface area contributed by atoms with Gasteiger partial charge in [0.2, 0.25) is 0 Å². The Labute approximate surface area is 214 Å². The predicted octanol–water partition coefficient (Wildman–Crippen LogP) is 10.6.